The molecule has 5 atom stereocenters. The maximum absolute atomic E-state index is 9.85. The van der Waals surface area contributed by atoms with Crippen LogP contribution in [-0.2, 0) is 4.74 Å². The Morgan fingerprint density at radius 2 is 1.76 bits per heavy atom. The molecule has 7 nitrogen and oxygen atoms in total. The first-order valence-electron chi connectivity index (χ1n) is 5.49. The number of hydrogen-bond acceptors (Lipinski definition) is 5. The Labute approximate surface area is 99.6 Å². The van der Waals surface area contributed by atoms with Crippen molar-refractivity contribution in [3.8, 4) is 0 Å². The van der Waals surface area contributed by atoms with E-state index in [-0.39, 0.29) is 6.54 Å². The minimum Gasteiger partial charge on any atom is -0.388 e. The highest BCUT2D eigenvalue weighted by molar-refractivity contribution is 4.96. The third kappa shape index (κ3) is 3.08. The fraction of sp³-hybridized carbons (Fsp3) is 1.00. The van der Waals surface area contributed by atoms with E-state index in [0.29, 0.717) is 0 Å². The van der Waals surface area contributed by atoms with Crippen LogP contribution in [-0.4, -0.2) is 52.4 Å². The van der Waals surface area contributed by atoms with Crippen LogP contribution in [0.2, 0.25) is 0 Å². The van der Waals surface area contributed by atoms with Crippen molar-refractivity contribution < 1.29 is 20.1 Å². The van der Waals surface area contributed by atoms with Crippen LogP contribution >= 0.6 is 0 Å². The number of ether oxygens (including phenoxy) is 1. The Balaban J connectivity index is 2.86. The topological polar surface area (TPSA) is 119 Å². The van der Waals surface area contributed by atoms with Crippen molar-refractivity contribution >= 4 is 0 Å². The second-order valence-corrected chi connectivity index (χ2v) is 5.35. The number of nitrogens with zero attached hydrogens (tertiary/aromatic N) is 3. The zero-order valence-electron chi connectivity index (χ0n) is 10.2. The van der Waals surface area contributed by atoms with Crippen molar-refractivity contribution in [1.29, 1.82) is 0 Å². The zero-order chi connectivity index (χ0) is 13.2. The van der Waals surface area contributed by atoms with E-state index in [0.717, 1.165) is 0 Å². The summed E-state index contributed by atoms with van der Waals surface area (Å²) in [6.45, 7) is 5.50. The third-order valence-electron chi connectivity index (χ3n) is 2.89. The standard InChI is InChI=1S/C10H19N3O4/c1-10(2,3)9-8(16)7(15)6(14)5(17-9)4-12-13-11/h5-9,14-16H,4H2,1-3H3/t5?,6-,7-,8?,9+/m0/s1. The van der Waals surface area contributed by atoms with Gasteiger partial charge in [0.25, 0.3) is 0 Å². The fourth-order valence-corrected chi connectivity index (χ4v) is 1.93. The van der Waals surface area contributed by atoms with Crippen molar-refractivity contribution in [2.45, 2.75) is 51.3 Å². The predicted molar refractivity (Wildman–Crippen MR) is 60.1 cm³/mol. The van der Waals surface area contributed by atoms with Crippen LogP contribution in [0.5, 0.6) is 0 Å². The van der Waals surface area contributed by atoms with Crippen molar-refractivity contribution in [3.63, 3.8) is 0 Å². The Morgan fingerprint density at radius 3 is 2.24 bits per heavy atom. The first-order valence-corrected chi connectivity index (χ1v) is 5.49. The normalized spacial score (nSPS) is 38.6. The minimum absolute atomic E-state index is 0.0754. The Hall–Kier alpha value is -0.850. The summed E-state index contributed by atoms with van der Waals surface area (Å²) in [6.07, 6.45) is -5.14. The molecule has 0 spiro atoms. The van der Waals surface area contributed by atoms with Crippen molar-refractivity contribution in [2.75, 3.05) is 6.54 Å². The summed E-state index contributed by atoms with van der Waals surface area (Å²) >= 11 is 0. The van der Waals surface area contributed by atoms with Crippen LogP contribution in [0.15, 0.2) is 5.11 Å². The lowest BCUT2D eigenvalue weighted by atomic mass is 9.80. The molecular weight excluding hydrogens is 226 g/mol. The summed E-state index contributed by atoms with van der Waals surface area (Å²) in [5.41, 5.74) is 7.84. The fourth-order valence-electron chi connectivity index (χ4n) is 1.93. The molecule has 0 bridgehead atoms. The lowest BCUT2D eigenvalue weighted by Crippen LogP contribution is -2.61. The SMILES string of the molecule is CC(C)(C)[C@@H]1OC(CN=[N+]=[N-])[C@H](O)[C@H](O)C1O. The Bertz CT molecular complexity index is 311. The minimum atomic E-state index is -1.30. The number of aliphatic hydroxyl groups excluding tert-OH is 3. The molecule has 1 heterocycles. The zero-order valence-corrected chi connectivity index (χ0v) is 10.2. The van der Waals surface area contributed by atoms with Gasteiger partial charge in [-0.2, -0.15) is 0 Å². The van der Waals surface area contributed by atoms with Crippen molar-refractivity contribution in [3.05, 3.63) is 10.4 Å². The van der Waals surface area contributed by atoms with Gasteiger partial charge in [-0.15, -0.1) is 0 Å². The molecule has 98 valence electrons. The Morgan fingerprint density at radius 1 is 1.18 bits per heavy atom. The molecule has 1 saturated heterocycles. The number of hydrogen-bond donors (Lipinski definition) is 3. The molecule has 2 unspecified atom stereocenters. The first-order chi connectivity index (χ1) is 7.79. The van der Waals surface area contributed by atoms with Gasteiger partial charge in [-0.3, -0.25) is 0 Å². The molecule has 0 aromatic rings. The summed E-state index contributed by atoms with van der Waals surface area (Å²) in [5, 5.41) is 32.6. The monoisotopic (exact) mass is 245 g/mol. The van der Waals surface area contributed by atoms with Gasteiger partial charge in [0.2, 0.25) is 0 Å². The van der Waals surface area contributed by atoms with Crippen LogP contribution in [0.4, 0.5) is 0 Å². The van der Waals surface area contributed by atoms with Crippen molar-refractivity contribution in [2.24, 2.45) is 10.5 Å². The molecule has 0 aromatic heterocycles. The molecule has 0 aliphatic carbocycles. The highest BCUT2D eigenvalue weighted by atomic mass is 16.5. The van der Waals surface area contributed by atoms with E-state index in [9.17, 15) is 15.3 Å². The van der Waals surface area contributed by atoms with Gasteiger partial charge < -0.3 is 20.1 Å². The second kappa shape index (κ2) is 5.20. The number of aliphatic hydroxyl groups is 3. The quantitative estimate of drug-likeness (QED) is 0.365. The smallest absolute Gasteiger partial charge is 0.111 e. The van der Waals surface area contributed by atoms with E-state index in [2.05, 4.69) is 10.0 Å². The molecule has 1 fully saturated rings. The molecule has 0 aromatic carbocycles. The summed E-state index contributed by atoms with van der Waals surface area (Å²) in [6, 6.07) is 0. The summed E-state index contributed by atoms with van der Waals surface area (Å²) in [7, 11) is 0. The van der Waals surface area contributed by atoms with Crippen LogP contribution in [0.3, 0.4) is 0 Å². The molecular formula is C10H19N3O4. The average molecular weight is 245 g/mol. The average Bonchev–Trinajstić information content (AvgIpc) is 2.23. The molecule has 0 saturated carbocycles. The predicted octanol–water partition coefficient (Wildman–Crippen LogP) is 0.193. The summed E-state index contributed by atoms with van der Waals surface area (Å²) < 4.78 is 5.52. The Kier molecular flexibility index (Phi) is 4.35. The maximum Gasteiger partial charge on any atom is 0.111 e. The van der Waals surface area contributed by atoms with E-state index in [1.54, 1.807) is 0 Å². The molecule has 1 aliphatic rings. The van der Waals surface area contributed by atoms with Crippen molar-refractivity contribution in [1.82, 2.24) is 0 Å². The second-order valence-electron chi connectivity index (χ2n) is 5.35. The molecule has 0 radical (unpaired) electrons. The largest absolute Gasteiger partial charge is 0.388 e. The van der Waals surface area contributed by atoms with E-state index in [1.165, 1.54) is 0 Å². The molecule has 7 heteroatoms. The molecule has 1 rings (SSSR count). The first kappa shape index (κ1) is 14.2. The lowest BCUT2D eigenvalue weighted by molar-refractivity contribution is -0.241. The number of rotatable bonds is 2. The van der Waals surface area contributed by atoms with Gasteiger partial charge in [-0.05, 0) is 10.9 Å². The van der Waals surface area contributed by atoms with Crippen LogP contribution in [0.25, 0.3) is 10.4 Å². The third-order valence-corrected chi connectivity index (χ3v) is 2.89. The van der Waals surface area contributed by atoms with Crippen LogP contribution in [0.1, 0.15) is 20.8 Å². The van der Waals surface area contributed by atoms with Crippen LogP contribution < -0.4 is 0 Å². The van der Waals surface area contributed by atoms with Gasteiger partial charge in [0.15, 0.2) is 0 Å². The van der Waals surface area contributed by atoms with Gasteiger partial charge in [0, 0.05) is 4.91 Å². The van der Waals surface area contributed by atoms with Gasteiger partial charge in [-0.1, -0.05) is 25.9 Å². The van der Waals surface area contributed by atoms with E-state index in [1.807, 2.05) is 20.8 Å². The lowest BCUT2D eigenvalue weighted by Gasteiger charge is -2.45. The van der Waals surface area contributed by atoms with Gasteiger partial charge in [0.05, 0.1) is 18.8 Å². The van der Waals surface area contributed by atoms with E-state index < -0.39 is 35.9 Å². The van der Waals surface area contributed by atoms with Crippen LogP contribution in [0, 0.1) is 5.41 Å². The summed E-state index contributed by atoms with van der Waals surface area (Å²) in [4.78, 5) is 2.59. The van der Waals surface area contributed by atoms with Gasteiger partial charge >= 0.3 is 0 Å². The van der Waals surface area contributed by atoms with Gasteiger partial charge in [0.1, 0.15) is 18.3 Å². The molecule has 1 aliphatic heterocycles. The van der Waals surface area contributed by atoms with E-state index in [4.69, 9.17) is 10.3 Å². The van der Waals surface area contributed by atoms with E-state index >= 15 is 0 Å². The van der Waals surface area contributed by atoms with Gasteiger partial charge in [-0.25, -0.2) is 0 Å². The summed E-state index contributed by atoms with van der Waals surface area (Å²) in [5.74, 6) is 0. The highest BCUT2D eigenvalue weighted by Crippen LogP contribution is 2.33. The number of azide groups is 1. The molecule has 3 N–H and O–H groups in total. The molecule has 17 heavy (non-hydrogen) atoms. The maximum atomic E-state index is 9.85. The highest BCUT2D eigenvalue weighted by Gasteiger charge is 2.47. The molecule has 0 amide bonds.